The van der Waals surface area contributed by atoms with Crippen LogP contribution in [0.1, 0.15) is 73.9 Å². The first-order valence-electron chi connectivity index (χ1n) is 18.3. The Hall–Kier alpha value is -5.14. The summed E-state index contributed by atoms with van der Waals surface area (Å²) in [5, 5.41) is 6.28. The molecule has 2 aliphatic heterocycles. The molecule has 1 unspecified atom stereocenters. The van der Waals surface area contributed by atoms with Crippen molar-refractivity contribution in [3.63, 3.8) is 0 Å². The van der Waals surface area contributed by atoms with Crippen LogP contribution < -0.4 is 10.6 Å². The Bertz CT molecular complexity index is 2250. The summed E-state index contributed by atoms with van der Waals surface area (Å²) in [5.41, 5.74) is 5.38. The molecule has 13 heteroatoms. The number of benzene rings is 3. The number of alkyl carbamates (subject to hydrolysis) is 1. The number of methoxy groups -OCH3 is 2. The number of aromatic amines is 2. The maximum Gasteiger partial charge on any atom is 0.407 e. The van der Waals surface area contributed by atoms with Gasteiger partial charge in [0, 0.05) is 36.4 Å². The minimum atomic E-state index is -3.22. The first-order chi connectivity index (χ1) is 25.6. The van der Waals surface area contributed by atoms with Crippen molar-refractivity contribution in [2.75, 3.05) is 20.8 Å². The summed E-state index contributed by atoms with van der Waals surface area (Å²) in [4.78, 5) is 43.6. The highest BCUT2D eigenvalue weighted by Crippen LogP contribution is 2.53. The van der Waals surface area contributed by atoms with Crippen molar-refractivity contribution in [3.05, 3.63) is 83.6 Å². The Morgan fingerprint density at radius 1 is 0.943 bits per heavy atom. The molecule has 2 aromatic heterocycles. The third kappa shape index (κ3) is 5.59. The number of nitrogens with one attached hydrogen (secondary N) is 4. The third-order valence-corrected chi connectivity index (χ3v) is 11.8. The van der Waals surface area contributed by atoms with Gasteiger partial charge in [-0.15, -0.1) is 0 Å². The van der Waals surface area contributed by atoms with E-state index in [0.717, 1.165) is 28.8 Å². The lowest BCUT2D eigenvalue weighted by Crippen LogP contribution is -2.54. The quantitative estimate of drug-likeness (QED) is 0.136. The van der Waals surface area contributed by atoms with Gasteiger partial charge in [0.1, 0.15) is 17.7 Å². The molecule has 9 rings (SSSR count). The molecule has 2 bridgehead atoms. The standard InChI is InChI=1S/C40H41F2N7O4/c1-20(52-2)34(48-39(51)53-3)38(50)49-14-4-5-33(49)36-43-19-32(47-36)23-8-12-27-26-11-7-21(16-28(26)40(41,42)29(27)17-23)22-9-13-30-31(18-22)46-37(45-30)35-24-6-10-25(15-24)44-35/h7-9,11-13,16-20,24-25,33-35,44H,4-6,10,14-15H2,1-3H3,(H,43,47)(H,45,46)(H,48,51)/t20-,24+,25-,33+,34?,35+/m1/s1. The predicted molar refractivity (Wildman–Crippen MR) is 194 cm³/mol. The van der Waals surface area contributed by atoms with Crippen LogP contribution in [0.2, 0.25) is 0 Å². The number of hydrogen-bond donors (Lipinski definition) is 4. The number of aromatic nitrogens is 4. The number of halogens is 2. The second kappa shape index (κ2) is 12.8. The molecule has 6 atom stereocenters. The highest BCUT2D eigenvalue weighted by Gasteiger charge is 2.45. The number of carbonyl (C=O) groups is 2. The number of amides is 2. The van der Waals surface area contributed by atoms with Crippen molar-refractivity contribution in [3.8, 4) is 33.5 Å². The zero-order chi connectivity index (χ0) is 36.6. The highest BCUT2D eigenvalue weighted by molar-refractivity contribution is 5.88. The number of H-pyrrole nitrogens is 2. The molecule has 3 aromatic carbocycles. The maximum absolute atomic E-state index is 16.4. The number of likely N-dealkylation sites (tertiary alicyclic amines) is 1. The number of carbonyl (C=O) groups excluding carboxylic acids is 2. The molecule has 3 fully saturated rings. The van der Waals surface area contributed by atoms with Crippen molar-refractivity contribution in [2.45, 2.75) is 75.2 Å². The van der Waals surface area contributed by atoms with E-state index in [0.29, 0.717) is 58.7 Å². The van der Waals surface area contributed by atoms with Gasteiger partial charge in [0.25, 0.3) is 5.92 Å². The minimum Gasteiger partial charge on any atom is -0.453 e. The van der Waals surface area contributed by atoms with Crippen LogP contribution in [0.15, 0.2) is 60.8 Å². The fraction of sp³-hybridized carbons (Fsp3) is 0.400. The summed E-state index contributed by atoms with van der Waals surface area (Å²) in [6, 6.07) is 15.8. The van der Waals surface area contributed by atoms with Gasteiger partial charge in [-0.05, 0) is 91.5 Å². The third-order valence-electron chi connectivity index (χ3n) is 11.8. The lowest BCUT2D eigenvalue weighted by atomic mass is 9.98. The number of rotatable bonds is 8. The van der Waals surface area contributed by atoms with E-state index in [-0.39, 0.29) is 29.1 Å². The van der Waals surface area contributed by atoms with Crippen LogP contribution in [-0.4, -0.2) is 75.8 Å². The van der Waals surface area contributed by atoms with Gasteiger partial charge in [-0.3, -0.25) is 4.79 Å². The molecule has 4 N–H and O–H groups in total. The zero-order valence-corrected chi connectivity index (χ0v) is 29.7. The lowest BCUT2D eigenvalue weighted by Gasteiger charge is -2.30. The summed E-state index contributed by atoms with van der Waals surface area (Å²) in [6.07, 6.45) is 5.30. The van der Waals surface area contributed by atoms with Crippen molar-refractivity contribution >= 4 is 23.0 Å². The second-order valence-corrected chi connectivity index (χ2v) is 14.8. The van der Waals surface area contributed by atoms with Crippen LogP contribution >= 0.6 is 0 Å². The summed E-state index contributed by atoms with van der Waals surface area (Å²) >= 11 is 0. The second-order valence-electron chi connectivity index (χ2n) is 14.8. The van der Waals surface area contributed by atoms with E-state index in [4.69, 9.17) is 14.5 Å². The monoisotopic (exact) mass is 721 g/mol. The fourth-order valence-corrected chi connectivity index (χ4v) is 8.94. The predicted octanol–water partition coefficient (Wildman–Crippen LogP) is 6.98. The van der Waals surface area contributed by atoms with Gasteiger partial charge in [-0.25, -0.2) is 14.8 Å². The zero-order valence-electron chi connectivity index (χ0n) is 29.7. The van der Waals surface area contributed by atoms with Gasteiger partial charge in [-0.2, -0.15) is 8.78 Å². The van der Waals surface area contributed by atoms with Crippen LogP contribution in [-0.2, 0) is 20.2 Å². The summed E-state index contributed by atoms with van der Waals surface area (Å²) in [7, 11) is 2.70. The lowest BCUT2D eigenvalue weighted by molar-refractivity contribution is -0.137. The maximum atomic E-state index is 16.4. The molecule has 5 aromatic rings. The molecule has 53 heavy (non-hydrogen) atoms. The molecule has 11 nitrogen and oxygen atoms in total. The average molecular weight is 722 g/mol. The van der Waals surface area contributed by atoms with Crippen LogP contribution in [0.25, 0.3) is 44.5 Å². The first kappa shape index (κ1) is 33.7. The molecule has 1 saturated carbocycles. The van der Waals surface area contributed by atoms with Gasteiger partial charge >= 0.3 is 6.09 Å². The van der Waals surface area contributed by atoms with Crippen molar-refractivity contribution < 1.29 is 27.8 Å². The molecule has 2 saturated heterocycles. The van der Waals surface area contributed by atoms with E-state index in [1.165, 1.54) is 39.5 Å². The van der Waals surface area contributed by atoms with Crippen LogP contribution in [0, 0.1) is 5.92 Å². The Morgan fingerprint density at radius 3 is 2.40 bits per heavy atom. The van der Waals surface area contributed by atoms with E-state index >= 15 is 8.78 Å². The number of hydrogen-bond acceptors (Lipinski definition) is 7. The normalized spacial score (nSPS) is 23.6. The molecular weight excluding hydrogens is 680 g/mol. The van der Waals surface area contributed by atoms with Crippen molar-refractivity contribution in [1.29, 1.82) is 0 Å². The number of nitrogens with zero attached hydrogens (tertiary/aromatic N) is 3. The molecule has 0 radical (unpaired) electrons. The van der Waals surface area contributed by atoms with Gasteiger partial charge in [0.2, 0.25) is 5.91 Å². The summed E-state index contributed by atoms with van der Waals surface area (Å²) in [5.74, 6) is -1.44. The topological polar surface area (TPSA) is 137 Å². The van der Waals surface area contributed by atoms with Gasteiger partial charge in [-0.1, -0.05) is 30.3 Å². The van der Waals surface area contributed by atoms with E-state index in [2.05, 4.69) is 25.6 Å². The van der Waals surface area contributed by atoms with E-state index in [1.54, 1.807) is 36.2 Å². The SMILES string of the molecule is COC(=O)NC(C(=O)N1CCC[C@H]1c1ncc(-c2ccc3c(c2)C(F)(F)c2cc(-c4ccc5nc([C@H]6N[C@@H]7CC[C@H]6C7)[nH]c5c4)ccc2-3)[nH]1)[C@@H](C)OC. The number of fused-ring (bicyclic) bond motifs is 6. The average Bonchev–Trinajstić information content (AvgIpc) is 4.04. The van der Waals surface area contributed by atoms with E-state index in [9.17, 15) is 9.59 Å². The minimum absolute atomic E-state index is 0.0236. The summed E-state index contributed by atoms with van der Waals surface area (Å²) in [6.45, 7) is 2.17. The molecular formula is C40H41F2N7O4. The number of piperidine rings is 1. The van der Waals surface area contributed by atoms with E-state index in [1.807, 2.05) is 30.3 Å². The number of ether oxygens (including phenoxy) is 2. The fourth-order valence-electron chi connectivity index (χ4n) is 8.94. The van der Waals surface area contributed by atoms with Crippen LogP contribution in [0.3, 0.4) is 0 Å². The van der Waals surface area contributed by atoms with E-state index < -0.39 is 24.2 Å². The highest BCUT2D eigenvalue weighted by atomic mass is 19.3. The van der Waals surface area contributed by atoms with Gasteiger partial charge in [0.15, 0.2) is 0 Å². The molecule has 2 aliphatic carbocycles. The molecule has 0 spiro atoms. The Balaban J connectivity index is 0.960. The smallest absolute Gasteiger partial charge is 0.407 e. The molecule has 2 amide bonds. The number of alkyl halides is 2. The number of imidazole rings is 2. The van der Waals surface area contributed by atoms with Crippen molar-refractivity contribution in [1.82, 2.24) is 35.5 Å². The van der Waals surface area contributed by atoms with Gasteiger partial charge in [0.05, 0.1) is 48.2 Å². The Labute approximate surface area is 304 Å². The van der Waals surface area contributed by atoms with Crippen LogP contribution in [0.4, 0.5) is 13.6 Å². The Kier molecular flexibility index (Phi) is 8.11. The van der Waals surface area contributed by atoms with Crippen molar-refractivity contribution in [2.24, 2.45) is 5.92 Å². The van der Waals surface area contributed by atoms with Gasteiger partial charge < -0.3 is 35.0 Å². The molecule has 4 aliphatic rings. The molecule has 4 heterocycles. The summed E-state index contributed by atoms with van der Waals surface area (Å²) < 4.78 is 42.8. The first-order valence-corrected chi connectivity index (χ1v) is 18.3. The van der Waals surface area contributed by atoms with Crippen LogP contribution in [0.5, 0.6) is 0 Å². The molecule has 274 valence electrons. The Morgan fingerprint density at radius 2 is 1.68 bits per heavy atom. The largest absolute Gasteiger partial charge is 0.453 e.